The quantitative estimate of drug-likeness (QED) is 0.385. The minimum atomic E-state index is -4.12. The van der Waals surface area contributed by atoms with Gasteiger partial charge in [0.1, 0.15) is 0 Å². The molecule has 0 spiro atoms. The van der Waals surface area contributed by atoms with Crippen LogP contribution in [0.5, 0.6) is 0 Å². The van der Waals surface area contributed by atoms with Crippen LogP contribution in [-0.4, -0.2) is 6.18 Å². The van der Waals surface area contributed by atoms with Gasteiger partial charge in [0.05, 0.1) is 0 Å². The zero-order valence-corrected chi connectivity index (χ0v) is 18.3. The van der Waals surface area contributed by atoms with Crippen LogP contribution < -0.4 is 4.90 Å². The lowest BCUT2D eigenvalue weighted by Crippen LogP contribution is -2.23. The number of hydrogen-bond donors (Lipinski definition) is 0. The summed E-state index contributed by atoms with van der Waals surface area (Å²) >= 11 is 0. The maximum atomic E-state index is 12.4. The summed E-state index contributed by atoms with van der Waals surface area (Å²) in [6, 6.07) is 8.20. The van der Waals surface area contributed by atoms with Gasteiger partial charge in [-0.05, 0) is 43.5 Å². The third kappa shape index (κ3) is 7.40. The predicted molar refractivity (Wildman–Crippen MR) is 121 cm³/mol. The highest BCUT2D eigenvalue weighted by Crippen LogP contribution is 2.34. The van der Waals surface area contributed by atoms with E-state index < -0.39 is 12.6 Å². The van der Waals surface area contributed by atoms with Crippen LogP contribution in [0.1, 0.15) is 52.0 Å². The van der Waals surface area contributed by atoms with E-state index in [-0.39, 0.29) is 11.8 Å². The van der Waals surface area contributed by atoms with Crippen molar-refractivity contribution >= 4 is 5.69 Å². The standard InChI is InChI=1S/C26H32F3N/c1-5-13-22(15-7-6-11-19-26(27,28)29)30(24-17-9-8-14-21(24)2)23-16-10-12-18-25(3,4)20-23/h6-10,12,14-18,20H,5,11,13,19H2,1-4H3/b7-6-,22-15+. The molecule has 162 valence electrons. The molecule has 2 rings (SSSR count). The van der Waals surface area contributed by atoms with Gasteiger partial charge in [-0.3, -0.25) is 0 Å². The Morgan fingerprint density at radius 1 is 1.13 bits per heavy atom. The maximum Gasteiger partial charge on any atom is 0.389 e. The van der Waals surface area contributed by atoms with Crippen molar-refractivity contribution < 1.29 is 13.2 Å². The number of hydrogen-bond acceptors (Lipinski definition) is 1. The van der Waals surface area contributed by atoms with Crippen LogP contribution in [0, 0.1) is 12.3 Å². The molecule has 0 saturated heterocycles. The molecule has 1 aliphatic rings. The molecular formula is C26H32F3N. The van der Waals surface area contributed by atoms with E-state index in [2.05, 4.69) is 69.0 Å². The summed E-state index contributed by atoms with van der Waals surface area (Å²) in [5, 5.41) is 0. The first-order chi connectivity index (χ1) is 14.1. The lowest BCUT2D eigenvalue weighted by molar-refractivity contribution is -0.133. The Hall–Kier alpha value is -2.49. The van der Waals surface area contributed by atoms with E-state index in [0.29, 0.717) is 0 Å². The van der Waals surface area contributed by atoms with E-state index in [0.717, 1.165) is 35.5 Å². The monoisotopic (exact) mass is 415 g/mol. The molecule has 0 amide bonds. The Labute approximate surface area is 179 Å². The number of anilines is 1. The minimum Gasteiger partial charge on any atom is -0.314 e. The molecule has 0 saturated carbocycles. The second-order valence-corrected chi connectivity index (χ2v) is 8.22. The van der Waals surface area contributed by atoms with E-state index in [1.807, 2.05) is 24.3 Å². The molecule has 0 bridgehead atoms. The fourth-order valence-electron chi connectivity index (χ4n) is 3.40. The number of rotatable bonds is 8. The van der Waals surface area contributed by atoms with Gasteiger partial charge in [-0.25, -0.2) is 0 Å². The molecule has 0 heterocycles. The molecule has 4 heteroatoms. The Bertz CT molecular complexity index is 851. The smallest absolute Gasteiger partial charge is 0.314 e. The number of halogens is 3. The van der Waals surface area contributed by atoms with Crippen LogP contribution in [0.15, 0.2) is 84.3 Å². The first-order valence-electron chi connectivity index (χ1n) is 10.5. The Balaban J connectivity index is 2.47. The summed E-state index contributed by atoms with van der Waals surface area (Å²) in [5.74, 6) is 0. The first-order valence-corrected chi connectivity index (χ1v) is 10.5. The van der Waals surface area contributed by atoms with Crippen LogP contribution >= 0.6 is 0 Å². The number of aryl methyl sites for hydroxylation is 1. The Morgan fingerprint density at radius 3 is 2.53 bits per heavy atom. The van der Waals surface area contributed by atoms with E-state index in [1.165, 1.54) is 0 Å². The highest BCUT2D eigenvalue weighted by Gasteiger charge is 2.25. The number of allylic oxidation sites excluding steroid dienone is 9. The molecule has 0 aliphatic heterocycles. The Kier molecular flexibility index (Phi) is 8.33. The average molecular weight is 416 g/mol. The summed E-state index contributed by atoms with van der Waals surface area (Å²) < 4.78 is 37.3. The molecule has 0 N–H and O–H groups in total. The normalized spacial score (nSPS) is 16.6. The molecule has 0 aromatic heterocycles. The van der Waals surface area contributed by atoms with Gasteiger partial charge in [0, 0.05) is 28.9 Å². The van der Waals surface area contributed by atoms with Crippen molar-refractivity contribution in [2.24, 2.45) is 5.41 Å². The van der Waals surface area contributed by atoms with Crippen molar-refractivity contribution in [1.82, 2.24) is 0 Å². The summed E-state index contributed by atoms with van der Waals surface area (Å²) in [6.45, 7) is 8.51. The zero-order chi connectivity index (χ0) is 22.2. The maximum absolute atomic E-state index is 12.4. The van der Waals surface area contributed by atoms with Crippen molar-refractivity contribution in [3.05, 3.63) is 89.8 Å². The van der Waals surface area contributed by atoms with Gasteiger partial charge in [-0.2, -0.15) is 13.2 Å². The molecule has 1 aromatic rings. The molecule has 0 unspecified atom stereocenters. The lowest BCUT2D eigenvalue weighted by Gasteiger charge is -2.31. The molecule has 30 heavy (non-hydrogen) atoms. The summed E-state index contributed by atoms with van der Waals surface area (Å²) in [5.41, 5.74) is 4.23. The van der Waals surface area contributed by atoms with Gasteiger partial charge < -0.3 is 4.90 Å². The van der Waals surface area contributed by atoms with E-state index in [1.54, 1.807) is 12.2 Å². The number of alkyl halides is 3. The van der Waals surface area contributed by atoms with Crippen molar-refractivity contribution in [2.75, 3.05) is 4.90 Å². The van der Waals surface area contributed by atoms with Crippen LogP contribution in [0.25, 0.3) is 0 Å². The van der Waals surface area contributed by atoms with Gasteiger partial charge in [0.25, 0.3) is 0 Å². The molecule has 0 radical (unpaired) electrons. The van der Waals surface area contributed by atoms with Gasteiger partial charge in [-0.15, -0.1) is 0 Å². The topological polar surface area (TPSA) is 3.24 Å². The number of nitrogens with zero attached hydrogens (tertiary/aromatic N) is 1. The van der Waals surface area contributed by atoms with Crippen LogP contribution in [0.2, 0.25) is 0 Å². The fourth-order valence-corrected chi connectivity index (χ4v) is 3.40. The summed E-state index contributed by atoms with van der Waals surface area (Å²) in [6.07, 6.45) is 12.7. The second kappa shape index (κ2) is 10.5. The highest BCUT2D eigenvalue weighted by atomic mass is 19.4. The lowest BCUT2D eigenvalue weighted by atomic mass is 9.92. The predicted octanol–water partition coefficient (Wildman–Crippen LogP) is 8.42. The third-order valence-corrected chi connectivity index (χ3v) is 4.85. The molecule has 0 atom stereocenters. The van der Waals surface area contributed by atoms with Crippen LogP contribution in [0.3, 0.4) is 0 Å². The SMILES string of the molecule is CCC/C(=C\C=C/CCC(F)(F)F)N(C1=CC(C)(C)C=CC=C1)c1ccccc1C. The molecule has 1 aromatic carbocycles. The van der Waals surface area contributed by atoms with E-state index in [4.69, 9.17) is 0 Å². The first kappa shape index (κ1) is 23.8. The van der Waals surface area contributed by atoms with Gasteiger partial charge in [0.15, 0.2) is 0 Å². The fraction of sp³-hybridized carbons (Fsp3) is 0.385. The van der Waals surface area contributed by atoms with Gasteiger partial charge in [-0.1, -0.05) is 81.8 Å². The largest absolute Gasteiger partial charge is 0.389 e. The highest BCUT2D eigenvalue weighted by molar-refractivity contribution is 5.65. The summed E-state index contributed by atoms with van der Waals surface area (Å²) in [7, 11) is 0. The van der Waals surface area contributed by atoms with E-state index >= 15 is 0 Å². The molecule has 1 nitrogen and oxygen atoms in total. The second-order valence-electron chi connectivity index (χ2n) is 8.22. The molecule has 1 aliphatic carbocycles. The Morgan fingerprint density at radius 2 is 1.87 bits per heavy atom. The third-order valence-electron chi connectivity index (χ3n) is 4.85. The van der Waals surface area contributed by atoms with Crippen molar-refractivity contribution in [2.45, 2.75) is 59.6 Å². The zero-order valence-electron chi connectivity index (χ0n) is 18.3. The molecular weight excluding hydrogens is 383 g/mol. The van der Waals surface area contributed by atoms with Gasteiger partial charge in [0.2, 0.25) is 0 Å². The average Bonchev–Trinajstić information content (AvgIpc) is 2.82. The van der Waals surface area contributed by atoms with Gasteiger partial charge >= 0.3 is 6.18 Å². The van der Waals surface area contributed by atoms with Crippen LogP contribution in [0.4, 0.5) is 18.9 Å². The summed E-state index contributed by atoms with van der Waals surface area (Å²) in [4.78, 5) is 2.23. The number of para-hydroxylation sites is 1. The van der Waals surface area contributed by atoms with Crippen molar-refractivity contribution in [3.63, 3.8) is 0 Å². The van der Waals surface area contributed by atoms with Crippen molar-refractivity contribution in [3.8, 4) is 0 Å². The van der Waals surface area contributed by atoms with Crippen LogP contribution in [-0.2, 0) is 0 Å². The number of benzene rings is 1. The van der Waals surface area contributed by atoms with E-state index in [9.17, 15) is 13.2 Å². The minimum absolute atomic E-state index is 0.0106. The molecule has 0 fully saturated rings. The van der Waals surface area contributed by atoms with Crippen molar-refractivity contribution in [1.29, 1.82) is 0 Å².